The molecule has 25 heavy (non-hydrogen) atoms. The molecule has 0 fully saturated rings. The average Bonchev–Trinajstić information content (AvgIpc) is 3.05. The molecule has 0 aliphatic rings. The number of anilines is 1. The second kappa shape index (κ2) is 7.62. The number of hydrazone groups is 1. The molecule has 8 heteroatoms. The van der Waals surface area contributed by atoms with Gasteiger partial charge in [0, 0.05) is 21.0 Å². The summed E-state index contributed by atoms with van der Waals surface area (Å²) in [4.78, 5) is 4.38. The monoisotopic (exact) mass is 390 g/mol. The van der Waals surface area contributed by atoms with Gasteiger partial charge in [-0.1, -0.05) is 23.2 Å². The fourth-order valence-corrected chi connectivity index (χ4v) is 3.29. The number of nitrogens with one attached hydrogen (secondary N) is 1. The van der Waals surface area contributed by atoms with Crippen LogP contribution in [-0.2, 0) is 0 Å². The first-order valence-corrected chi connectivity index (χ1v) is 8.60. The van der Waals surface area contributed by atoms with E-state index in [9.17, 15) is 9.65 Å². The van der Waals surface area contributed by atoms with Gasteiger partial charge < -0.3 is 0 Å². The third-order valence-corrected chi connectivity index (χ3v) is 4.40. The van der Waals surface area contributed by atoms with E-state index in [2.05, 4.69) is 15.5 Å². The minimum Gasteiger partial charge on any atom is -0.277 e. The van der Waals surface area contributed by atoms with E-state index < -0.39 is 0 Å². The SMILES string of the molecule is N#CC(=NNc1cc(Cl)cc(Cl)c1)c1nc(-c2ccc(F)cc2)cs1. The molecular formula is C17H9Cl2FN4S. The maximum Gasteiger partial charge on any atom is 0.196 e. The number of hydrogen-bond donors (Lipinski definition) is 1. The molecule has 0 aliphatic carbocycles. The molecule has 0 unspecified atom stereocenters. The van der Waals surface area contributed by atoms with Crippen molar-refractivity contribution in [3.05, 3.63) is 68.7 Å². The first kappa shape index (κ1) is 17.4. The van der Waals surface area contributed by atoms with Gasteiger partial charge in [0.25, 0.3) is 0 Å². The zero-order valence-corrected chi connectivity index (χ0v) is 14.8. The summed E-state index contributed by atoms with van der Waals surface area (Å²) >= 11 is 13.1. The fraction of sp³-hybridized carbons (Fsp3) is 0. The van der Waals surface area contributed by atoms with Crippen LogP contribution in [0.5, 0.6) is 0 Å². The van der Waals surface area contributed by atoms with Crippen LogP contribution in [0.2, 0.25) is 10.0 Å². The van der Waals surface area contributed by atoms with E-state index in [4.69, 9.17) is 23.2 Å². The van der Waals surface area contributed by atoms with Crippen molar-refractivity contribution < 1.29 is 4.39 Å². The maximum atomic E-state index is 13.0. The molecule has 4 nitrogen and oxygen atoms in total. The van der Waals surface area contributed by atoms with Crippen molar-refractivity contribution in [2.45, 2.75) is 0 Å². The number of aromatic nitrogens is 1. The van der Waals surface area contributed by atoms with Gasteiger partial charge in [0.15, 0.2) is 10.7 Å². The maximum absolute atomic E-state index is 13.0. The Morgan fingerprint density at radius 3 is 2.48 bits per heavy atom. The van der Waals surface area contributed by atoms with E-state index >= 15 is 0 Å². The van der Waals surface area contributed by atoms with Crippen LogP contribution in [0.1, 0.15) is 5.01 Å². The minimum absolute atomic E-state index is 0.120. The second-order valence-corrected chi connectivity index (χ2v) is 6.62. The molecular weight excluding hydrogens is 382 g/mol. The quantitative estimate of drug-likeness (QED) is 0.466. The summed E-state index contributed by atoms with van der Waals surface area (Å²) in [5.41, 5.74) is 4.83. The Morgan fingerprint density at radius 2 is 1.84 bits per heavy atom. The number of halogens is 3. The Bertz CT molecular complexity index is 957. The standard InChI is InChI=1S/C17H9Cl2FN4S/c18-11-5-12(19)7-14(6-11)23-24-15(8-21)17-22-16(9-25-17)10-1-3-13(20)4-2-10/h1-7,9,23H. The number of nitriles is 1. The third kappa shape index (κ3) is 4.34. The molecule has 1 heterocycles. The average molecular weight is 391 g/mol. The van der Waals surface area contributed by atoms with Gasteiger partial charge in [0.05, 0.1) is 11.4 Å². The molecule has 0 spiro atoms. The Balaban J connectivity index is 1.84. The zero-order valence-electron chi connectivity index (χ0n) is 12.5. The van der Waals surface area contributed by atoms with Crippen LogP contribution in [0.3, 0.4) is 0 Å². The Kier molecular flexibility index (Phi) is 5.29. The third-order valence-electron chi connectivity index (χ3n) is 3.11. The molecule has 3 aromatic rings. The lowest BCUT2D eigenvalue weighted by Gasteiger charge is -2.02. The second-order valence-electron chi connectivity index (χ2n) is 4.89. The van der Waals surface area contributed by atoms with Crippen LogP contribution < -0.4 is 5.43 Å². The van der Waals surface area contributed by atoms with Crippen LogP contribution in [0.4, 0.5) is 10.1 Å². The predicted octanol–water partition coefficient (Wildman–Crippen LogP) is 5.60. The molecule has 0 aliphatic heterocycles. The molecule has 0 saturated heterocycles. The molecule has 2 aromatic carbocycles. The summed E-state index contributed by atoms with van der Waals surface area (Å²) < 4.78 is 13.0. The fourth-order valence-electron chi connectivity index (χ4n) is 2.00. The normalized spacial score (nSPS) is 11.2. The van der Waals surface area contributed by atoms with Crippen molar-refractivity contribution in [1.29, 1.82) is 5.26 Å². The molecule has 0 saturated carbocycles. The van der Waals surface area contributed by atoms with Gasteiger partial charge in [-0.15, -0.1) is 11.3 Å². The van der Waals surface area contributed by atoms with Gasteiger partial charge in [-0.05, 0) is 42.5 Å². The molecule has 0 amide bonds. The summed E-state index contributed by atoms with van der Waals surface area (Å²) in [6.07, 6.45) is 0. The zero-order chi connectivity index (χ0) is 17.8. The number of benzene rings is 2. The van der Waals surface area contributed by atoms with Crippen molar-refractivity contribution in [2.75, 3.05) is 5.43 Å². The van der Waals surface area contributed by atoms with Crippen LogP contribution in [0.25, 0.3) is 11.3 Å². The van der Waals surface area contributed by atoms with Crippen LogP contribution >= 0.6 is 34.5 Å². The first-order valence-electron chi connectivity index (χ1n) is 6.97. The highest BCUT2D eigenvalue weighted by atomic mass is 35.5. The molecule has 0 radical (unpaired) electrons. The summed E-state index contributed by atoms with van der Waals surface area (Å²) in [6.45, 7) is 0. The highest BCUT2D eigenvalue weighted by molar-refractivity contribution is 7.12. The molecule has 0 atom stereocenters. The molecule has 0 bridgehead atoms. The van der Waals surface area contributed by atoms with E-state index in [-0.39, 0.29) is 11.5 Å². The number of hydrogen-bond acceptors (Lipinski definition) is 5. The lowest BCUT2D eigenvalue weighted by molar-refractivity contribution is 0.628. The van der Waals surface area contributed by atoms with Gasteiger partial charge in [0.2, 0.25) is 0 Å². The molecule has 3 rings (SSSR count). The van der Waals surface area contributed by atoms with E-state index in [0.29, 0.717) is 26.4 Å². The van der Waals surface area contributed by atoms with Gasteiger partial charge >= 0.3 is 0 Å². The smallest absolute Gasteiger partial charge is 0.196 e. The Hall–Kier alpha value is -2.46. The van der Waals surface area contributed by atoms with Crippen molar-refractivity contribution in [3.8, 4) is 17.3 Å². The first-order chi connectivity index (χ1) is 12.0. The summed E-state index contributed by atoms with van der Waals surface area (Å²) in [5, 5.41) is 16.5. The van der Waals surface area contributed by atoms with Crippen LogP contribution in [0, 0.1) is 17.1 Å². The van der Waals surface area contributed by atoms with Crippen LogP contribution in [-0.4, -0.2) is 10.7 Å². The van der Waals surface area contributed by atoms with E-state index in [1.807, 2.05) is 6.07 Å². The van der Waals surface area contributed by atoms with Crippen LogP contribution in [0.15, 0.2) is 52.9 Å². The molecule has 1 aromatic heterocycles. The van der Waals surface area contributed by atoms with Gasteiger partial charge in [-0.2, -0.15) is 10.4 Å². The highest BCUT2D eigenvalue weighted by Gasteiger charge is 2.11. The highest BCUT2D eigenvalue weighted by Crippen LogP contribution is 2.24. The molecule has 124 valence electrons. The van der Waals surface area contributed by atoms with Crippen molar-refractivity contribution in [3.63, 3.8) is 0 Å². The number of nitrogens with zero attached hydrogens (tertiary/aromatic N) is 3. The lowest BCUT2D eigenvalue weighted by Crippen LogP contribution is -2.01. The number of thiazole rings is 1. The van der Waals surface area contributed by atoms with Crippen molar-refractivity contribution in [1.82, 2.24) is 4.98 Å². The predicted molar refractivity (Wildman–Crippen MR) is 99.7 cm³/mol. The van der Waals surface area contributed by atoms with E-state index in [0.717, 1.165) is 5.56 Å². The minimum atomic E-state index is -0.317. The molecule has 1 N–H and O–H groups in total. The van der Waals surface area contributed by atoms with E-state index in [1.165, 1.54) is 23.5 Å². The van der Waals surface area contributed by atoms with Gasteiger partial charge in [0.1, 0.15) is 11.9 Å². The Morgan fingerprint density at radius 1 is 1.16 bits per heavy atom. The summed E-state index contributed by atoms with van der Waals surface area (Å²) in [7, 11) is 0. The van der Waals surface area contributed by atoms with Gasteiger partial charge in [-0.25, -0.2) is 9.37 Å². The summed E-state index contributed by atoms with van der Waals surface area (Å²) in [5.74, 6) is -0.317. The lowest BCUT2D eigenvalue weighted by atomic mass is 10.2. The van der Waals surface area contributed by atoms with E-state index in [1.54, 1.807) is 35.7 Å². The van der Waals surface area contributed by atoms with Gasteiger partial charge in [-0.3, -0.25) is 5.43 Å². The van der Waals surface area contributed by atoms with Crippen molar-refractivity contribution >= 4 is 45.9 Å². The Labute approximate surface area is 157 Å². The summed E-state index contributed by atoms with van der Waals surface area (Å²) in [6, 6.07) is 12.8. The number of rotatable bonds is 4. The van der Waals surface area contributed by atoms with Crippen molar-refractivity contribution in [2.24, 2.45) is 5.10 Å². The topological polar surface area (TPSA) is 61.1 Å². The largest absolute Gasteiger partial charge is 0.277 e.